The summed E-state index contributed by atoms with van der Waals surface area (Å²) in [5.41, 5.74) is 3.59. The molecule has 0 unspecified atom stereocenters. The topological polar surface area (TPSA) is 24.4 Å². The summed E-state index contributed by atoms with van der Waals surface area (Å²) < 4.78 is 0. The fourth-order valence-electron chi connectivity index (χ4n) is 0.566. The summed E-state index contributed by atoms with van der Waals surface area (Å²) in [7, 11) is 0. The highest BCUT2D eigenvalue weighted by molar-refractivity contribution is 7.85. The first-order valence-electron chi connectivity index (χ1n) is 2.84. The van der Waals surface area contributed by atoms with E-state index in [0.717, 1.165) is 10.5 Å². The number of rotatable bonds is 0. The molecule has 0 aromatic carbocycles. The van der Waals surface area contributed by atoms with Gasteiger partial charge in [-0.25, -0.2) is 0 Å². The van der Waals surface area contributed by atoms with Gasteiger partial charge in [0.05, 0.1) is 6.21 Å². The summed E-state index contributed by atoms with van der Waals surface area (Å²) in [4.78, 5) is 0.793. The lowest BCUT2D eigenvalue weighted by Gasteiger charge is -1.96. The van der Waals surface area contributed by atoms with Crippen LogP contribution in [0.15, 0.2) is 40.5 Å². The summed E-state index contributed by atoms with van der Waals surface area (Å²) in [5.74, 6) is 0. The minimum Gasteiger partial charge on any atom is -0.286 e. The molecule has 0 amide bonds. The first-order chi connectivity index (χ1) is 4.79. The van der Waals surface area contributed by atoms with E-state index in [1.807, 2.05) is 12.2 Å². The van der Waals surface area contributed by atoms with Crippen LogP contribution in [-0.4, -0.2) is 6.21 Å². The lowest BCUT2D eigenvalue weighted by molar-refractivity contribution is 0.974. The summed E-state index contributed by atoms with van der Waals surface area (Å²) in [6, 6.07) is 0. The van der Waals surface area contributed by atoms with Crippen LogP contribution in [0.4, 0.5) is 0 Å². The molecule has 0 radical (unpaired) electrons. The molecule has 1 heterocycles. The van der Waals surface area contributed by atoms with Crippen molar-refractivity contribution in [1.82, 2.24) is 5.43 Å². The van der Waals surface area contributed by atoms with Crippen LogP contribution in [0.3, 0.4) is 0 Å². The Morgan fingerprint density at radius 1 is 1.60 bits per heavy atom. The second-order valence-corrected chi connectivity index (χ2v) is 2.38. The summed E-state index contributed by atoms with van der Waals surface area (Å²) in [5, 5.41) is 3.80. The molecule has 0 spiro atoms. The highest BCUT2D eigenvalue weighted by atomic mass is 32.1. The van der Waals surface area contributed by atoms with E-state index in [1.54, 1.807) is 12.4 Å². The predicted molar refractivity (Wildman–Crippen MR) is 47.0 cm³/mol. The number of hydrogen-bond acceptors (Lipinski definition) is 3. The molecule has 0 aromatic heterocycles. The molecule has 52 valence electrons. The second kappa shape index (κ2) is 3.27. The van der Waals surface area contributed by atoms with Crippen LogP contribution in [0.25, 0.3) is 0 Å². The van der Waals surface area contributed by atoms with E-state index < -0.39 is 0 Å². The van der Waals surface area contributed by atoms with Crippen LogP contribution in [-0.2, 0) is 0 Å². The molecule has 0 saturated carbocycles. The minimum absolute atomic E-state index is 0.793. The molecular formula is C7H8N2S. The average molecular weight is 152 g/mol. The third-order valence-corrected chi connectivity index (χ3v) is 1.22. The first-order valence-corrected chi connectivity index (χ1v) is 3.28. The lowest BCUT2D eigenvalue weighted by atomic mass is 10.2. The number of nitrogens with zero attached hydrogens (tertiary/aromatic N) is 1. The van der Waals surface area contributed by atoms with E-state index >= 15 is 0 Å². The van der Waals surface area contributed by atoms with E-state index in [1.165, 1.54) is 0 Å². The van der Waals surface area contributed by atoms with Crippen molar-refractivity contribution in [2.24, 2.45) is 5.10 Å². The van der Waals surface area contributed by atoms with Gasteiger partial charge in [-0.2, -0.15) is 5.10 Å². The predicted octanol–water partition coefficient (Wildman–Crippen LogP) is 1.46. The van der Waals surface area contributed by atoms with Crippen molar-refractivity contribution in [1.29, 1.82) is 0 Å². The maximum Gasteiger partial charge on any atom is 0.0605 e. The van der Waals surface area contributed by atoms with Crippen molar-refractivity contribution in [3.63, 3.8) is 0 Å². The molecule has 1 rings (SSSR count). The van der Waals surface area contributed by atoms with Crippen molar-refractivity contribution in [3.05, 3.63) is 35.4 Å². The Balaban J connectivity index is 2.85. The average Bonchev–Trinajstić information content (AvgIpc) is 1.83. The van der Waals surface area contributed by atoms with Gasteiger partial charge in [-0.15, -0.1) is 12.6 Å². The zero-order valence-corrected chi connectivity index (χ0v) is 6.31. The lowest BCUT2D eigenvalue weighted by Crippen LogP contribution is -1.95. The Labute approximate surface area is 65.4 Å². The SMILES string of the molecule is C=C1/C=C\N/N=C\C(S)=C/1. The monoisotopic (exact) mass is 152 g/mol. The zero-order chi connectivity index (χ0) is 7.40. The molecule has 1 aliphatic heterocycles. The van der Waals surface area contributed by atoms with Gasteiger partial charge in [0.2, 0.25) is 0 Å². The smallest absolute Gasteiger partial charge is 0.0605 e. The van der Waals surface area contributed by atoms with Crippen LogP contribution < -0.4 is 5.43 Å². The van der Waals surface area contributed by atoms with Gasteiger partial charge >= 0.3 is 0 Å². The number of thiol groups is 1. The number of hydrazone groups is 1. The van der Waals surface area contributed by atoms with Crippen LogP contribution in [0.5, 0.6) is 0 Å². The normalized spacial score (nSPS) is 28.9. The molecule has 3 heteroatoms. The van der Waals surface area contributed by atoms with Crippen LogP contribution in [0, 0.1) is 0 Å². The Kier molecular flexibility index (Phi) is 2.34. The summed E-state index contributed by atoms with van der Waals surface area (Å²) >= 11 is 4.11. The summed E-state index contributed by atoms with van der Waals surface area (Å²) in [6.07, 6.45) is 7.00. The van der Waals surface area contributed by atoms with Crippen LogP contribution >= 0.6 is 12.6 Å². The minimum atomic E-state index is 0.793. The van der Waals surface area contributed by atoms with Gasteiger partial charge in [0.15, 0.2) is 0 Å². The van der Waals surface area contributed by atoms with Crippen LogP contribution in [0.1, 0.15) is 0 Å². The van der Waals surface area contributed by atoms with Crippen molar-refractivity contribution < 1.29 is 0 Å². The standard InChI is InChI=1S/C7H8N2S/c1-6-2-3-8-9-5-7(10)4-6/h2-5,8,10H,1H2/b3-2-,7-4+,9-5-. The Bertz CT molecular complexity index is 226. The molecule has 2 nitrogen and oxygen atoms in total. The second-order valence-electron chi connectivity index (χ2n) is 1.86. The Morgan fingerprint density at radius 3 is 3.20 bits per heavy atom. The van der Waals surface area contributed by atoms with E-state index in [4.69, 9.17) is 0 Å². The van der Waals surface area contributed by atoms with E-state index in [-0.39, 0.29) is 0 Å². The molecule has 0 saturated heterocycles. The number of hydrogen-bond donors (Lipinski definition) is 2. The third kappa shape index (κ3) is 2.11. The van der Waals surface area contributed by atoms with Gasteiger partial charge in [-0.1, -0.05) is 6.58 Å². The highest BCUT2D eigenvalue weighted by Crippen LogP contribution is 2.04. The molecule has 0 fully saturated rings. The summed E-state index contributed by atoms with van der Waals surface area (Å²) in [6.45, 7) is 3.75. The zero-order valence-electron chi connectivity index (χ0n) is 5.41. The van der Waals surface area contributed by atoms with E-state index in [9.17, 15) is 0 Å². The molecule has 0 aromatic rings. The van der Waals surface area contributed by atoms with Gasteiger partial charge in [-0.05, 0) is 17.7 Å². The van der Waals surface area contributed by atoms with E-state index in [2.05, 4.69) is 29.7 Å². The van der Waals surface area contributed by atoms with E-state index in [0.29, 0.717) is 0 Å². The van der Waals surface area contributed by atoms with Crippen molar-refractivity contribution >= 4 is 18.8 Å². The van der Waals surface area contributed by atoms with Gasteiger partial charge < -0.3 is 0 Å². The maximum absolute atomic E-state index is 4.11. The van der Waals surface area contributed by atoms with Gasteiger partial charge in [0, 0.05) is 11.1 Å². The fraction of sp³-hybridized carbons (Fsp3) is 0. The molecular weight excluding hydrogens is 144 g/mol. The highest BCUT2D eigenvalue weighted by Gasteiger charge is 1.88. The molecule has 10 heavy (non-hydrogen) atoms. The van der Waals surface area contributed by atoms with Crippen LogP contribution in [0.2, 0.25) is 0 Å². The molecule has 0 atom stereocenters. The number of allylic oxidation sites excluding steroid dienone is 4. The fourth-order valence-corrected chi connectivity index (χ4v) is 0.790. The van der Waals surface area contributed by atoms with Crippen molar-refractivity contribution in [3.8, 4) is 0 Å². The van der Waals surface area contributed by atoms with Gasteiger partial charge in [-0.3, -0.25) is 5.43 Å². The number of nitrogens with one attached hydrogen (secondary N) is 1. The third-order valence-electron chi connectivity index (χ3n) is 0.977. The largest absolute Gasteiger partial charge is 0.286 e. The maximum atomic E-state index is 4.11. The van der Waals surface area contributed by atoms with Gasteiger partial charge in [0.1, 0.15) is 0 Å². The Morgan fingerprint density at radius 2 is 2.40 bits per heavy atom. The van der Waals surface area contributed by atoms with Crippen molar-refractivity contribution in [2.75, 3.05) is 0 Å². The molecule has 0 bridgehead atoms. The Hall–Kier alpha value is -0.960. The first kappa shape index (κ1) is 7.15. The van der Waals surface area contributed by atoms with Crippen molar-refractivity contribution in [2.45, 2.75) is 0 Å². The molecule has 1 aliphatic rings. The quantitative estimate of drug-likeness (QED) is 0.504. The molecule has 1 N–H and O–H groups in total. The molecule has 0 aliphatic carbocycles. The van der Waals surface area contributed by atoms with Gasteiger partial charge in [0.25, 0.3) is 0 Å².